The fraction of sp³-hybridized carbons (Fsp3) is 0.448. The highest BCUT2D eigenvalue weighted by Gasteiger charge is 2.29. The Kier molecular flexibility index (Phi) is 8.12. The summed E-state index contributed by atoms with van der Waals surface area (Å²) >= 11 is 0. The molecule has 38 heavy (non-hydrogen) atoms. The van der Waals surface area contributed by atoms with E-state index in [1.807, 2.05) is 35.9 Å². The molecular formula is C29H35FN6O2. The van der Waals surface area contributed by atoms with Gasteiger partial charge in [-0.1, -0.05) is 38.3 Å². The molecule has 1 aliphatic rings. The van der Waals surface area contributed by atoms with Gasteiger partial charge in [-0.2, -0.15) is 0 Å². The summed E-state index contributed by atoms with van der Waals surface area (Å²) in [6.07, 6.45) is 6.50. The van der Waals surface area contributed by atoms with Crippen LogP contribution in [0.4, 0.5) is 4.39 Å². The quantitative estimate of drug-likeness (QED) is 0.289. The highest BCUT2D eigenvalue weighted by Crippen LogP contribution is 2.33. The third-order valence-electron chi connectivity index (χ3n) is 7.44. The second-order valence-corrected chi connectivity index (χ2v) is 10.0. The molecule has 1 unspecified atom stereocenters. The Balaban J connectivity index is 1.52. The van der Waals surface area contributed by atoms with Crippen LogP contribution in [-0.4, -0.2) is 36.7 Å². The number of hydrogen-bond acceptors (Lipinski definition) is 6. The first kappa shape index (κ1) is 26.0. The number of rotatable bonds is 10. The molecular weight excluding hydrogens is 483 g/mol. The van der Waals surface area contributed by atoms with Gasteiger partial charge in [0, 0.05) is 29.6 Å². The van der Waals surface area contributed by atoms with Gasteiger partial charge in [-0.3, -0.25) is 9.69 Å². The van der Waals surface area contributed by atoms with Crippen LogP contribution in [0.3, 0.4) is 0 Å². The maximum Gasteiger partial charge on any atom is 0.252 e. The van der Waals surface area contributed by atoms with Crippen molar-refractivity contribution in [3.05, 3.63) is 81.7 Å². The molecule has 0 saturated heterocycles. The SMILES string of the molecule is CCOc1ccc2[nH]c(=O)c(CN(Cc3ccc(F)cc3)C(CC)c3nnnn3C3CCCCC3)cc2c1. The molecule has 1 saturated carbocycles. The molecule has 0 spiro atoms. The number of nitrogens with zero attached hydrogens (tertiary/aromatic N) is 5. The van der Waals surface area contributed by atoms with Gasteiger partial charge < -0.3 is 9.72 Å². The third kappa shape index (κ3) is 5.78. The molecule has 5 rings (SSSR count). The van der Waals surface area contributed by atoms with E-state index in [2.05, 4.69) is 32.3 Å². The van der Waals surface area contributed by atoms with Crippen molar-refractivity contribution in [3.8, 4) is 5.75 Å². The number of pyridine rings is 1. The topological polar surface area (TPSA) is 88.9 Å². The molecule has 2 aromatic heterocycles. The molecule has 4 aromatic rings. The molecule has 0 bridgehead atoms. The van der Waals surface area contributed by atoms with Crippen LogP contribution in [0.5, 0.6) is 5.75 Å². The molecule has 8 nitrogen and oxygen atoms in total. The summed E-state index contributed by atoms with van der Waals surface area (Å²) in [5, 5.41) is 13.9. The first-order chi connectivity index (χ1) is 18.6. The Morgan fingerprint density at radius 1 is 1.08 bits per heavy atom. The number of hydrogen-bond donors (Lipinski definition) is 1. The number of tetrazole rings is 1. The van der Waals surface area contributed by atoms with Crippen molar-refractivity contribution < 1.29 is 9.13 Å². The molecule has 9 heteroatoms. The minimum Gasteiger partial charge on any atom is -0.494 e. The Morgan fingerprint density at radius 2 is 1.87 bits per heavy atom. The fourth-order valence-corrected chi connectivity index (χ4v) is 5.53. The van der Waals surface area contributed by atoms with Crippen molar-refractivity contribution in [2.24, 2.45) is 0 Å². The van der Waals surface area contributed by atoms with Crippen LogP contribution < -0.4 is 10.3 Å². The van der Waals surface area contributed by atoms with Crippen LogP contribution in [0.1, 0.15) is 81.4 Å². The van der Waals surface area contributed by atoms with Crippen molar-refractivity contribution >= 4 is 10.9 Å². The lowest BCUT2D eigenvalue weighted by Gasteiger charge is -2.32. The summed E-state index contributed by atoms with van der Waals surface area (Å²) in [5.74, 6) is 1.31. The second-order valence-electron chi connectivity index (χ2n) is 10.0. The smallest absolute Gasteiger partial charge is 0.252 e. The number of aromatic nitrogens is 5. The lowest BCUT2D eigenvalue weighted by atomic mass is 9.95. The molecule has 2 heterocycles. The standard InChI is InChI=1S/C29H35FN6O2/c1-3-27(28-32-33-34-36(28)24-8-6-5-7-9-24)35(18-20-10-12-23(30)13-11-20)19-22-16-21-17-25(38-4-2)14-15-26(21)31-29(22)37/h10-17,24,27H,3-9,18-19H2,1-2H3,(H,31,37). The van der Waals surface area contributed by atoms with Gasteiger partial charge in [-0.05, 0) is 78.6 Å². The van der Waals surface area contributed by atoms with Gasteiger partial charge in [0.05, 0.1) is 18.7 Å². The van der Waals surface area contributed by atoms with E-state index >= 15 is 0 Å². The number of ether oxygens (including phenoxy) is 1. The lowest BCUT2D eigenvalue weighted by Crippen LogP contribution is -2.33. The molecule has 0 aliphatic heterocycles. The third-order valence-corrected chi connectivity index (χ3v) is 7.44. The maximum absolute atomic E-state index is 13.7. The first-order valence-corrected chi connectivity index (χ1v) is 13.6. The van der Waals surface area contributed by atoms with E-state index in [0.29, 0.717) is 25.3 Å². The first-order valence-electron chi connectivity index (χ1n) is 13.6. The van der Waals surface area contributed by atoms with E-state index in [9.17, 15) is 9.18 Å². The summed E-state index contributed by atoms with van der Waals surface area (Å²) < 4.78 is 21.3. The average Bonchev–Trinajstić information content (AvgIpc) is 3.41. The summed E-state index contributed by atoms with van der Waals surface area (Å²) in [6, 6.07) is 14.3. The van der Waals surface area contributed by atoms with Gasteiger partial charge in [0.2, 0.25) is 0 Å². The normalized spacial score (nSPS) is 15.3. The van der Waals surface area contributed by atoms with Crippen molar-refractivity contribution in [3.63, 3.8) is 0 Å². The Hall–Kier alpha value is -3.59. The summed E-state index contributed by atoms with van der Waals surface area (Å²) in [4.78, 5) is 18.4. The van der Waals surface area contributed by atoms with E-state index in [-0.39, 0.29) is 23.5 Å². The van der Waals surface area contributed by atoms with Crippen LogP contribution >= 0.6 is 0 Å². The molecule has 2 aromatic carbocycles. The summed E-state index contributed by atoms with van der Waals surface area (Å²) in [5.41, 5.74) is 2.23. The Morgan fingerprint density at radius 3 is 2.61 bits per heavy atom. The zero-order valence-corrected chi connectivity index (χ0v) is 22.1. The van der Waals surface area contributed by atoms with E-state index in [4.69, 9.17) is 4.74 Å². The van der Waals surface area contributed by atoms with Crippen molar-refractivity contribution in [2.45, 2.75) is 77.5 Å². The Labute approximate surface area is 221 Å². The van der Waals surface area contributed by atoms with E-state index in [1.165, 1.54) is 31.4 Å². The highest BCUT2D eigenvalue weighted by atomic mass is 19.1. The minimum atomic E-state index is -0.273. The number of benzene rings is 2. The van der Waals surface area contributed by atoms with Crippen molar-refractivity contribution in [1.29, 1.82) is 0 Å². The summed E-state index contributed by atoms with van der Waals surface area (Å²) in [6.45, 7) is 5.54. The van der Waals surface area contributed by atoms with Gasteiger partial charge >= 0.3 is 0 Å². The predicted octanol–water partition coefficient (Wildman–Crippen LogP) is 5.71. The van der Waals surface area contributed by atoms with Gasteiger partial charge in [-0.25, -0.2) is 9.07 Å². The van der Waals surface area contributed by atoms with Crippen LogP contribution in [0.15, 0.2) is 53.3 Å². The molecule has 1 N–H and O–H groups in total. The van der Waals surface area contributed by atoms with Crippen LogP contribution in [0, 0.1) is 5.82 Å². The molecule has 1 atom stereocenters. The zero-order chi connectivity index (χ0) is 26.5. The Bertz CT molecular complexity index is 1410. The van der Waals surface area contributed by atoms with E-state index in [1.54, 1.807) is 12.1 Å². The average molecular weight is 519 g/mol. The monoisotopic (exact) mass is 518 g/mol. The fourth-order valence-electron chi connectivity index (χ4n) is 5.53. The molecule has 200 valence electrons. The number of H-pyrrole nitrogens is 1. The maximum atomic E-state index is 13.7. The molecule has 0 amide bonds. The van der Waals surface area contributed by atoms with E-state index in [0.717, 1.165) is 47.3 Å². The van der Waals surface area contributed by atoms with Crippen molar-refractivity contribution in [2.75, 3.05) is 6.61 Å². The number of halogens is 1. The molecule has 1 aliphatic carbocycles. The second kappa shape index (κ2) is 11.9. The summed E-state index contributed by atoms with van der Waals surface area (Å²) in [7, 11) is 0. The number of aromatic amines is 1. The predicted molar refractivity (Wildman–Crippen MR) is 144 cm³/mol. The van der Waals surface area contributed by atoms with Crippen molar-refractivity contribution in [1.82, 2.24) is 30.1 Å². The largest absolute Gasteiger partial charge is 0.494 e. The highest BCUT2D eigenvalue weighted by molar-refractivity contribution is 5.80. The lowest BCUT2D eigenvalue weighted by molar-refractivity contribution is 0.155. The molecule has 0 radical (unpaired) electrons. The van der Waals surface area contributed by atoms with Gasteiger partial charge in [0.25, 0.3) is 5.56 Å². The van der Waals surface area contributed by atoms with Crippen LogP contribution in [0.2, 0.25) is 0 Å². The van der Waals surface area contributed by atoms with Crippen LogP contribution in [-0.2, 0) is 13.1 Å². The van der Waals surface area contributed by atoms with Gasteiger partial charge in [0.1, 0.15) is 11.6 Å². The van der Waals surface area contributed by atoms with Gasteiger partial charge in [0.15, 0.2) is 5.82 Å². The van der Waals surface area contributed by atoms with Gasteiger partial charge in [-0.15, -0.1) is 5.10 Å². The number of fused-ring (bicyclic) bond motifs is 1. The molecule has 1 fully saturated rings. The minimum absolute atomic E-state index is 0.123. The van der Waals surface area contributed by atoms with Crippen LogP contribution in [0.25, 0.3) is 10.9 Å². The number of nitrogens with one attached hydrogen (secondary N) is 1. The van der Waals surface area contributed by atoms with E-state index < -0.39 is 0 Å². The zero-order valence-electron chi connectivity index (χ0n) is 22.1.